The number of carbonyl (C=O) groups excluding carboxylic acids is 1. The first-order valence-electron chi connectivity index (χ1n) is 14.1. The molecule has 0 amide bonds. The largest absolute Gasteiger partial charge is 0.481 e. The maximum Gasteiger partial charge on any atom is 0.309 e. The summed E-state index contributed by atoms with van der Waals surface area (Å²) in [6, 6.07) is 0. The zero-order chi connectivity index (χ0) is 26.1. The van der Waals surface area contributed by atoms with E-state index in [0.717, 1.165) is 44.3 Å². The van der Waals surface area contributed by atoms with Crippen molar-refractivity contribution in [2.45, 2.75) is 105 Å². The van der Waals surface area contributed by atoms with Gasteiger partial charge in [0.25, 0.3) is 0 Å². The second-order valence-electron chi connectivity index (χ2n) is 15.1. The van der Waals surface area contributed by atoms with Gasteiger partial charge in [0.1, 0.15) is 5.76 Å². The predicted molar refractivity (Wildman–Crippen MR) is 137 cm³/mol. The highest BCUT2D eigenvalue weighted by Crippen LogP contribution is 2.74. The van der Waals surface area contributed by atoms with Crippen molar-refractivity contribution in [3.8, 4) is 0 Å². The first kappa shape index (κ1) is 24.4. The molecule has 1 heterocycles. The molecule has 196 valence electrons. The Labute approximate surface area is 215 Å². The third kappa shape index (κ3) is 2.70. The second-order valence-corrected chi connectivity index (χ2v) is 15.1. The molecular weight excluding hydrogens is 450 g/mol. The number of aliphatic carboxylic acids is 1. The van der Waals surface area contributed by atoms with Gasteiger partial charge >= 0.3 is 5.97 Å². The van der Waals surface area contributed by atoms with Crippen molar-refractivity contribution in [2.24, 2.45) is 44.8 Å². The van der Waals surface area contributed by atoms with E-state index in [1.54, 1.807) is 0 Å². The summed E-state index contributed by atoms with van der Waals surface area (Å²) >= 11 is 0. The molecule has 6 rings (SSSR count). The number of carboxylic acid groups (broad SMARTS) is 1. The Balaban J connectivity index is 1.49. The predicted octanol–water partition coefficient (Wildman–Crippen LogP) is 6.75. The van der Waals surface area contributed by atoms with Crippen molar-refractivity contribution in [3.63, 3.8) is 0 Å². The topological polar surface area (TPSA) is 80.4 Å². The smallest absolute Gasteiger partial charge is 0.309 e. The molecule has 5 aliphatic rings. The number of fused-ring (bicyclic) bond motifs is 8. The lowest BCUT2D eigenvalue weighted by molar-refractivity contribution is -0.178. The van der Waals surface area contributed by atoms with E-state index in [9.17, 15) is 14.7 Å². The lowest BCUT2D eigenvalue weighted by atomic mass is 9.34. The van der Waals surface area contributed by atoms with Crippen LogP contribution in [0.4, 0.5) is 0 Å². The van der Waals surface area contributed by atoms with Gasteiger partial charge in [0, 0.05) is 16.9 Å². The summed E-state index contributed by atoms with van der Waals surface area (Å²) in [6.45, 7) is 16.0. The molecule has 1 N–H and O–H groups in total. The number of carboxylic acids is 1. The highest BCUT2D eigenvalue weighted by atomic mass is 16.5. The maximum atomic E-state index is 14.3. The summed E-state index contributed by atoms with van der Waals surface area (Å²) in [5.41, 5.74) is 1.32. The molecule has 0 bridgehead atoms. The average Bonchev–Trinajstić information content (AvgIpc) is 3.25. The minimum absolute atomic E-state index is 0.0434. The molecule has 3 fully saturated rings. The number of carbonyl (C=O) groups is 2. The molecular formula is C31H43NO4. The fraction of sp³-hybridized carbons (Fsp3) is 0.774. The van der Waals surface area contributed by atoms with Crippen molar-refractivity contribution in [1.29, 1.82) is 0 Å². The van der Waals surface area contributed by atoms with E-state index in [4.69, 9.17) is 4.52 Å². The molecule has 0 spiro atoms. The van der Waals surface area contributed by atoms with Gasteiger partial charge in [-0.2, -0.15) is 0 Å². The summed E-state index contributed by atoms with van der Waals surface area (Å²) in [5.74, 6) is 0.967. The fourth-order valence-electron chi connectivity index (χ4n) is 10.6. The highest BCUT2D eigenvalue weighted by Gasteiger charge is 2.69. The van der Waals surface area contributed by atoms with E-state index >= 15 is 0 Å². The molecule has 1 aromatic heterocycles. The first-order chi connectivity index (χ1) is 16.6. The number of aromatic nitrogens is 1. The number of rotatable bonds is 1. The summed E-state index contributed by atoms with van der Waals surface area (Å²) in [4.78, 5) is 26.6. The Morgan fingerprint density at radius 2 is 1.72 bits per heavy atom. The molecule has 36 heavy (non-hydrogen) atoms. The molecule has 1 aromatic rings. The van der Waals surface area contributed by atoms with Crippen LogP contribution in [-0.4, -0.2) is 22.0 Å². The van der Waals surface area contributed by atoms with Gasteiger partial charge in [-0.15, -0.1) is 0 Å². The summed E-state index contributed by atoms with van der Waals surface area (Å²) in [6.07, 6.45) is 11.3. The van der Waals surface area contributed by atoms with E-state index in [0.29, 0.717) is 18.8 Å². The van der Waals surface area contributed by atoms with Crippen LogP contribution in [0.5, 0.6) is 0 Å². The monoisotopic (exact) mass is 493 g/mol. The molecule has 5 aliphatic carbocycles. The third-order valence-electron chi connectivity index (χ3n) is 13.1. The molecule has 0 radical (unpaired) electrons. The number of hydrogen-bond acceptors (Lipinski definition) is 4. The Kier molecular flexibility index (Phi) is 4.71. The summed E-state index contributed by atoms with van der Waals surface area (Å²) in [7, 11) is 0. The van der Waals surface area contributed by atoms with E-state index < -0.39 is 11.4 Å². The number of nitrogens with zero attached hydrogens (tertiary/aromatic N) is 1. The van der Waals surface area contributed by atoms with Crippen LogP contribution in [0, 0.1) is 44.8 Å². The number of ketones is 1. The summed E-state index contributed by atoms with van der Waals surface area (Å²) in [5, 5.41) is 14.3. The SMILES string of the molecule is CC1(C)c2oncc2C[C@]2(C)C3=CC(=O)[C@@H]4[C@@H]5C[C@@](C)(C(=O)O)CC[C@]5(C)CC[C@@]4(C)[C@]3(C)CC[C@@H]12. The summed E-state index contributed by atoms with van der Waals surface area (Å²) < 4.78 is 5.78. The zero-order valence-electron chi connectivity index (χ0n) is 23.2. The fourth-order valence-corrected chi connectivity index (χ4v) is 10.6. The van der Waals surface area contributed by atoms with Crippen molar-refractivity contribution in [3.05, 3.63) is 29.2 Å². The van der Waals surface area contributed by atoms with Gasteiger partial charge in [-0.05, 0) is 97.9 Å². The van der Waals surface area contributed by atoms with Gasteiger partial charge in [-0.25, -0.2) is 0 Å². The normalized spacial score (nSPS) is 49.0. The van der Waals surface area contributed by atoms with Crippen LogP contribution < -0.4 is 0 Å². The third-order valence-corrected chi connectivity index (χ3v) is 13.1. The Bertz CT molecular complexity index is 1190. The Morgan fingerprint density at radius 3 is 2.42 bits per heavy atom. The number of hydrogen-bond donors (Lipinski definition) is 1. The van der Waals surface area contributed by atoms with Crippen molar-refractivity contribution < 1.29 is 19.2 Å². The van der Waals surface area contributed by atoms with Gasteiger partial charge in [0.05, 0.1) is 11.6 Å². The Morgan fingerprint density at radius 1 is 1.03 bits per heavy atom. The van der Waals surface area contributed by atoms with E-state index in [1.165, 1.54) is 11.1 Å². The molecule has 8 atom stereocenters. The quantitative estimate of drug-likeness (QED) is 0.468. The van der Waals surface area contributed by atoms with E-state index in [2.05, 4.69) is 52.8 Å². The average molecular weight is 494 g/mol. The van der Waals surface area contributed by atoms with E-state index in [1.807, 2.05) is 13.1 Å². The van der Waals surface area contributed by atoms with Crippen LogP contribution in [0.2, 0.25) is 0 Å². The molecule has 5 heteroatoms. The van der Waals surface area contributed by atoms with Crippen molar-refractivity contribution in [2.75, 3.05) is 0 Å². The highest BCUT2D eigenvalue weighted by molar-refractivity contribution is 5.95. The van der Waals surface area contributed by atoms with Gasteiger partial charge in [0.2, 0.25) is 0 Å². The minimum atomic E-state index is -0.741. The van der Waals surface area contributed by atoms with Crippen LogP contribution in [0.1, 0.15) is 105 Å². The molecule has 0 aromatic carbocycles. The molecule has 0 saturated heterocycles. The van der Waals surface area contributed by atoms with Crippen LogP contribution in [0.3, 0.4) is 0 Å². The lowest BCUT2D eigenvalue weighted by Gasteiger charge is -2.69. The van der Waals surface area contributed by atoms with Gasteiger partial charge < -0.3 is 9.63 Å². The van der Waals surface area contributed by atoms with Gasteiger partial charge in [-0.1, -0.05) is 52.3 Å². The molecule has 0 aliphatic heterocycles. The van der Waals surface area contributed by atoms with Crippen LogP contribution in [0.25, 0.3) is 0 Å². The van der Waals surface area contributed by atoms with Crippen molar-refractivity contribution in [1.82, 2.24) is 5.16 Å². The lowest BCUT2D eigenvalue weighted by Crippen LogP contribution is -2.65. The molecule has 5 nitrogen and oxygen atoms in total. The Hall–Kier alpha value is -1.91. The number of allylic oxidation sites excluding steroid dienone is 2. The van der Waals surface area contributed by atoms with E-state index in [-0.39, 0.29) is 44.7 Å². The van der Waals surface area contributed by atoms with Crippen LogP contribution >= 0.6 is 0 Å². The van der Waals surface area contributed by atoms with Crippen LogP contribution in [0.15, 0.2) is 22.4 Å². The zero-order valence-corrected chi connectivity index (χ0v) is 23.2. The standard InChI is InChI=1S/C31H43NO4/c1-26(2)21-8-9-30(6)22(29(21,5)15-18-17-32-36-24(18)26)14-20(33)23-19-16-28(4,25(34)35)11-10-27(19,3)12-13-31(23,30)7/h14,17,19,21,23H,8-13,15-16H2,1-7H3,(H,34,35)/t19-,21-,23-,27+,28-,29-,30+,31+/m0/s1. The molecule has 0 unspecified atom stereocenters. The molecule has 3 saturated carbocycles. The minimum Gasteiger partial charge on any atom is -0.481 e. The van der Waals surface area contributed by atoms with Gasteiger partial charge in [0.15, 0.2) is 5.78 Å². The first-order valence-corrected chi connectivity index (χ1v) is 14.1. The second kappa shape index (κ2) is 6.94. The van der Waals surface area contributed by atoms with Gasteiger partial charge in [-0.3, -0.25) is 9.59 Å². The van der Waals surface area contributed by atoms with Crippen molar-refractivity contribution >= 4 is 11.8 Å². The van der Waals surface area contributed by atoms with Crippen LogP contribution in [-0.2, 0) is 21.4 Å². The maximum absolute atomic E-state index is 14.3.